The van der Waals surface area contributed by atoms with Crippen LogP contribution in [0.1, 0.15) is 264 Å². The molecule has 394 valence electrons. The number of phosphoric acid groups is 1. The van der Waals surface area contributed by atoms with Crippen LogP contribution in [0.3, 0.4) is 0 Å². The minimum atomic E-state index is -4.35. The molecule has 3 unspecified atom stereocenters. The quantitative estimate of drug-likeness (QED) is 0.0243. The Morgan fingerprint density at radius 2 is 0.866 bits per heavy atom. The molecule has 0 spiro atoms. The summed E-state index contributed by atoms with van der Waals surface area (Å²) in [6.45, 7) is 4.81. The van der Waals surface area contributed by atoms with E-state index in [-0.39, 0.29) is 19.1 Å². The molecule has 3 N–H and O–H groups in total. The number of rotatable bonds is 52. The van der Waals surface area contributed by atoms with Crippen LogP contribution in [0, 0.1) is 0 Å². The van der Waals surface area contributed by atoms with Gasteiger partial charge in [-0.2, -0.15) is 0 Å². The lowest BCUT2D eigenvalue weighted by Crippen LogP contribution is -2.45. The highest BCUT2D eigenvalue weighted by Gasteiger charge is 2.27. The number of nitrogens with zero attached hydrogens (tertiary/aromatic N) is 1. The van der Waals surface area contributed by atoms with E-state index < -0.39 is 20.0 Å². The van der Waals surface area contributed by atoms with Crippen LogP contribution in [0.25, 0.3) is 0 Å². The van der Waals surface area contributed by atoms with Gasteiger partial charge in [-0.25, -0.2) is 4.57 Å². The van der Waals surface area contributed by atoms with Crippen molar-refractivity contribution in [3.8, 4) is 0 Å². The topological polar surface area (TPSA) is 105 Å². The molecule has 0 aromatic rings. The molecule has 67 heavy (non-hydrogen) atoms. The summed E-state index contributed by atoms with van der Waals surface area (Å²) in [5, 5.41) is 13.9. The third-order valence-corrected chi connectivity index (χ3v) is 13.8. The molecule has 0 saturated heterocycles. The largest absolute Gasteiger partial charge is 0.472 e. The van der Waals surface area contributed by atoms with Crippen molar-refractivity contribution in [1.82, 2.24) is 5.32 Å². The predicted octanol–water partition coefficient (Wildman–Crippen LogP) is 17.2. The van der Waals surface area contributed by atoms with E-state index in [1.54, 1.807) is 6.08 Å². The van der Waals surface area contributed by atoms with E-state index in [4.69, 9.17) is 9.05 Å². The van der Waals surface area contributed by atoms with Crippen LogP contribution < -0.4 is 5.32 Å². The number of likely N-dealkylation sites (N-methyl/N-ethyl adjacent to an activating group) is 1. The minimum Gasteiger partial charge on any atom is -0.387 e. The summed E-state index contributed by atoms with van der Waals surface area (Å²) in [5.74, 6) is -0.188. The van der Waals surface area contributed by atoms with Gasteiger partial charge in [0.1, 0.15) is 13.2 Å². The van der Waals surface area contributed by atoms with E-state index in [1.807, 2.05) is 27.2 Å². The molecule has 0 rings (SSSR count). The molecule has 1 amide bonds. The van der Waals surface area contributed by atoms with Crippen LogP contribution in [0.2, 0.25) is 0 Å². The Labute approximate surface area is 416 Å². The molecule has 0 heterocycles. The first-order valence-corrected chi connectivity index (χ1v) is 30.0. The SMILES string of the molecule is CCCCCCCCCCC/C=C\C/C=C\CCCCCCCCCCCCCC(=O)NC(COP(=O)(O)OCC[N+](C)(C)C)C(O)/C=C/CC/C=C/CCCCCCCCCCCCCC. The molecular formula is C58H112N2O6P+. The summed E-state index contributed by atoms with van der Waals surface area (Å²) in [5.41, 5.74) is 0. The number of carbonyl (C=O) groups excluding carboxylic acids is 1. The number of unbranched alkanes of at least 4 members (excludes halogenated alkanes) is 33. The summed E-state index contributed by atoms with van der Waals surface area (Å²) in [6.07, 6.45) is 65.0. The number of quaternary nitrogens is 1. The average molecular weight is 965 g/mol. The van der Waals surface area contributed by atoms with Gasteiger partial charge in [-0.15, -0.1) is 0 Å². The van der Waals surface area contributed by atoms with Crippen molar-refractivity contribution >= 4 is 13.7 Å². The van der Waals surface area contributed by atoms with E-state index in [1.165, 1.54) is 199 Å². The van der Waals surface area contributed by atoms with E-state index in [9.17, 15) is 19.4 Å². The second-order valence-corrected chi connectivity index (χ2v) is 22.1. The molecular weight excluding hydrogens is 852 g/mol. The van der Waals surface area contributed by atoms with Crippen molar-refractivity contribution in [2.24, 2.45) is 0 Å². The number of amides is 1. The van der Waals surface area contributed by atoms with Gasteiger partial charge in [0, 0.05) is 6.42 Å². The predicted molar refractivity (Wildman–Crippen MR) is 291 cm³/mol. The molecule has 0 bridgehead atoms. The van der Waals surface area contributed by atoms with Gasteiger partial charge in [0.15, 0.2) is 0 Å². The molecule has 8 nitrogen and oxygen atoms in total. The standard InChI is InChI=1S/C58H111N2O6P/c1-6-8-10-12-14-16-18-20-22-24-26-27-28-29-30-31-32-33-34-36-38-40-42-44-46-48-50-52-58(62)59-56(55-66-67(63,64)65-54-53-60(3,4)5)57(61)51-49-47-45-43-41-39-37-35-25-23-21-19-17-15-13-11-9-7-2/h26-27,29-30,41,43,49,51,56-57,61H,6-25,28,31-40,42,44-48,50,52-55H2,1-5H3,(H-,59,62,63,64)/p+1/b27-26-,30-29-,43-41+,51-49+. The van der Waals surface area contributed by atoms with Gasteiger partial charge in [0.2, 0.25) is 5.91 Å². The number of nitrogens with one attached hydrogen (secondary N) is 1. The summed E-state index contributed by atoms with van der Waals surface area (Å²) < 4.78 is 23.7. The normalized spacial score (nSPS) is 14.3. The fraction of sp³-hybridized carbons (Fsp3) is 0.845. The maximum Gasteiger partial charge on any atom is 0.472 e. The molecule has 0 aliphatic carbocycles. The van der Waals surface area contributed by atoms with Crippen molar-refractivity contribution in [3.63, 3.8) is 0 Å². The Balaban J connectivity index is 4.23. The summed E-state index contributed by atoms with van der Waals surface area (Å²) in [6, 6.07) is -0.865. The zero-order valence-corrected chi connectivity index (χ0v) is 45.8. The van der Waals surface area contributed by atoms with Gasteiger partial charge in [-0.3, -0.25) is 13.8 Å². The lowest BCUT2D eigenvalue weighted by molar-refractivity contribution is -0.870. The first-order chi connectivity index (χ1) is 32.5. The Bertz CT molecular complexity index is 1230. The van der Waals surface area contributed by atoms with Crippen LogP contribution in [-0.2, 0) is 18.4 Å². The summed E-state index contributed by atoms with van der Waals surface area (Å²) >= 11 is 0. The zero-order chi connectivity index (χ0) is 49.2. The number of carbonyl (C=O) groups is 1. The van der Waals surface area contributed by atoms with Crippen LogP contribution in [0.5, 0.6) is 0 Å². The van der Waals surface area contributed by atoms with Gasteiger partial charge in [-0.05, 0) is 64.2 Å². The van der Waals surface area contributed by atoms with Crippen molar-refractivity contribution < 1.29 is 32.9 Å². The van der Waals surface area contributed by atoms with Crippen LogP contribution in [0.4, 0.5) is 0 Å². The van der Waals surface area contributed by atoms with E-state index in [2.05, 4.69) is 55.6 Å². The van der Waals surface area contributed by atoms with Crippen molar-refractivity contribution in [1.29, 1.82) is 0 Å². The van der Waals surface area contributed by atoms with E-state index in [0.717, 1.165) is 44.9 Å². The first kappa shape index (κ1) is 65.5. The third kappa shape index (κ3) is 52.1. The van der Waals surface area contributed by atoms with Gasteiger partial charge in [0.25, 0.3) is 0 Å². The highest BCUT2D eigenvalue weighted by atomic mass is 31.2. The average Bonchev–Trinajstić information content (AvgIpc) is 3.29. The molecule has 0 aromatic heterocycles. The zero-order valence-electron chi connectivity index (χ0n) is 44.9. The smallest absolute Gasteiger partial charge is 0.387 e. The van der Waals surface area contributed by atoms with Gasteiger partial charge in [-0.1, -0.05) is 242 Å². The van der Waals surface area contributed by atoms with Crippen LogP contribution in [-0.4, -0.2) is 73.4 Å². The molecule has 0 fully saturated rings. The number of allylic oxidation sites excluding steroid dienone is 7. The second kappa shape index (κ2) is 49.4. The minimum absolute atomic E-state index is 0.0552. The Kier molecular flexibility index (Phi) is 48.3. The molecule has 9 heteroatoms. The Morgan fingerprint density at radius 1 is 0.507 bits per heavy atom. The maximum atomic E-state index is 13.0. The molecule has 0 radical (unpaired) electrons. The molecule has 3 atom stereocenters. The van der Waals surface area contributed by atoms with E-state index in [0.29, 0.717) is 17.4 Å². The van der Waals surface area contributed by atoms with Gasteiger partial charge < -0.3 is 19.8 Å². The fourth-order valence-electron chi connectivity index (χ4n) is 8.27. The Morgan fingerprint density at radius 3 is 1.28 bits per heavy atom. The van der Waals surface area contributed by atoms with Crippen molar-refractivity contribution in [3.05, 3.63) is 48.6 Å². The highest BCUT2D eigenvalue weighted by molar-refractivity contribution is 7.47. The van der Waals surface area contributed by atoms with Crippen LogP contribution >= 0.6 is 7.82 Å². The van der Waals surface area contributed by atoms with Crippen molar-refractivity contribution in [2.45, 2.75) is 276 Å². The van der Waals surface area contributed by atoms with Gasteiger partial charge in [0.05, 0.1) is 39.9 Å². The first-order valence-electron chi connectivity index (χ1n) is 28.5. The molecule has 0 aromatic carbocycles. The number of phosphoric ester groups is 1. The number of aliphatic hydroxyl groups excluding tert-OH is 1. The Hall–Kier alpha value is -1.54. The lowest BCUT2D eigenvalue weighted by Gasteiger charge is -2.25. The lowest BCUT2D eigenvalue weighted by atomic mass is 10.0. The number of aliphatic hydroxyl groups is 1. The fourth-order valence-corrected chi connectivity index (χ4v) is 9.00. The molecule has 0 saturated carbocycles. The second-order valence-electron chi connectivity index (χ2n) is 20.7. The number of hydrogen-bond acceptors (Lipinski definition) is 5. The maximum absolute atomic E-state index is 13.0. The third-order valence-electron chi connectivity index (χ3n) is 12.8. The summed E-state index contributed by atoms with van der Waals surface area (Å²) in [7, 11) is 1.56. The number of hydrogen-bond donors (Lipinski definition) is 3. The van der Waals surface area contributed by atoms with Crippen molar-refractivity contribution in [2.75, 3.05) is 40.9 Å². The highest BCUT2D eigenvalue weighted by Crippen LogP contribution is 2.43. The van der Waals surface area contributed by atoms with Crippen LogP contribution in [0.15, 0.2) is 48.6 Å². The molecule has 0 aliphatic rings. The monoisotopic (exact) mass is 964 g/mol. The summed E-state index contributed by atoms with van der Waals surface area (Å²) in [4.78, 5) is 23.3. The van der Waals surface area contributed by atoms with Gasteiger partial charge >= 0.3 is 7.82 Å². The molecule has 0 aliphatic heterocycles. The van der Waals surface area contributed by atoms with E-state index >= 15 is 0 Å².